The second-order valence-corrected chi connectivity index (χ2v) is 5.62. The van der Waals surface area contributed by atoms with E-state index in [2.05, 4.69) is 41.3 Å². The lowest BCUT2D eigenvalue weighted by Crippen LogP contribution is -2.42. The summed E-state index contributed by atoms with van der Waals surface area (Å²) in [5.74, 6) is 0.659. The van der Waals surface area contributed by atoms with E-state index in [0.717, 1.165) is 38.4 Å². The van der Waals surface area contributed by atoms with Crippen LogP contribution in [0.1, 0.15) is 53.4 Å². The van der Waals surface area contributed by atoms with E-state index >= 15 is 0 Å². The lowest BCUT2D eigenvalue weighted by Gasteiger charge is -2.21. The summed E-state index contributed by atoms with van der Waals surface area (Å²) >= 11 is 0. The minimum atomic E-state index is -0.137. The summed E-state index contributed by atoms with van der Waals surface area (Å²) in [6, 6.07) is 0.377. The number of esters is 1. The number of carbonyl (C=O) groups excluding carboxylic acids is 1. The van der Waals surface area contributed by atoms with Crippen molar-refractivity contribution in [1.82, 2.24) is 15.5 Å². The van der Waals surface area contributed by atoms with Crippen molar-refractivity contribution >= 4 is 11.9 Å². The Morgan fingerprint density at radius 2 is 1.91 bits per heavy atom. The molecule has 136 valence electrons. The number of aliphatic imine (C=N–C) groups is 1. The minimum Gasteiger partial charge on any atom is -0.466 e. The number of guanidine groups is 1. The standard InChI is InChI=1S/C17H36N4O2/c1-6-21(7-2)14-10-11-15(4)20-17(18-5)19-13-9-12-16(22)23-8-3/h15H,6-14H2,1-5H3,(H2,18,19,20). The lowest BCUT2D eigenvalue weighted by atomic mass is 10.2. The number of hydrogen-bond donors (Lipinski definition) is 2. The monoisotopic (exact) mass is 328 g/mol. The lowest BCUT2D eigenvalue weighted by molar-refractivity contribution is -0.143. The Labute approximate surface area is 142 Å². The van der Waals surface area contributed by atoms with Crippen LogP contribution in [0, 0.1) is 0 Å². The molecule has 0 rings (SSSR count). The predicted octanol–water partition coefficient (Wildman–Crippen LogP) is 2.01. The fourth-order valence-corrected chi connectivity index (χ4v) is 2.33. The smallest absolute Gasteiger partial charge is 0.305 e. The normalized spacial score (nSPS) is 13.0. The van der Waals surface area contributed by atoms with Gasteiger partial charge in [0.25, 0.3) is 0 Å². The van der Waals surface area contributed by atoms with E-state index in [1.54, 1.807) is 7.05 Å². The first-order valence-electron chi connectivity index (χ1n) is 8.92. The van der Waals surface area contributed by atoms with Crippen LogP contribution in [0.4, 0.5) is 0 Å². The maximum absolute atomic E-state index is 11.3. The maximum atomic E-state index is 11.3. The summed E-state index contributed by atoms with van der Waals surface area (Å²) in [6.07, 6.45) is 3.48. The molecule has 0 aliphatic carbocycles. The molecule has 0 bridgehead atoms. The summed E-state index contributed by atoms with van der Waals surface area (Å²) in [7, 11) is 1.77. The molecule has 0 saturated heterocycles. The van der Waals surface area contributed by atoms with E-state index in [4.69, 9.17) is 4.74 Å². The molecule has 0 aromatic rings. The van der Waals surface area contributed by atoms with Crippen LogP contribution >= 0.6 is 0 Å². The molecule has 0 heterocycles. The Kier molecular flexibility index (Phi) is 13.5. The van der Waals surface area contributed by atoms with Gasteiger partial charge in [-0.25, -0.2) is 0 Å². The van der Waals surface area contributed by atoms with Crippen molar-refractivity contribution in [3.05, 3.63) is 0 Å². The van der Waals surface area contributed by atoms with E-state index in [0.29, 0.717) is 25.6 Å². The molecule has 0 radical (unpaired) electrons. The molecule has 23 heavy (non-hydrogen) atoms. The SMILES string of the molecule is CCOC(=O)CCCNC(=NC)NC(C)CCCN(CC)CC. The second-order valence-electron chi connectivity index (χ2n) is 5.62. The molecule has 6 heteroatoms. The molecular weight excluding hydrogens is 292 g/mol. The molecular formula is C17H36N4O2. The van der Waals surface area contributed by atoms with Gasteiger partial charge in [0, 0.05) is 26.1 Å². The summed E-state index contributed by atoms with van der Waals surface area (Å²) in [5.41, 5.74) is 0. The van der Waals surface area contributed by atoms with Gasteiger partial charge < -0.3 is 20.3 Å². The highest BCUT2D eigenvalue weighted by molar-refractivity contribution is 5.79. The number of rotatable bonds is 12. The number of nitrogens with zero attached hydrogens (tertiary/aromatic N) is 2. The zero-order valence-electron chi connectivity index (χ0n) is 15.7. The van der Waals surface area contributed by atoms with E-state index in [-0.39, 0.29) is 5.97 Å². The van der Waals surface area contributed by atoms with Crippen molar-refractivity contribution in [2.75, 3.05) is 39.8 Å². The first kappa shape index (κ1) is 21.7. The Morgan fingerprint density at radius 3 is 2.48 bits per heavy atom. The van der Waals surface area contributed by atoms with Crippen molar-refractivity contribution in [2.45, 2.75) is 59.4 Å². The Hall–Kier alpha value is -1.30. The first-order chi connectivity index (χ1) is 11.1. The van der Waals surface area contributed by atoms with Crippen molar-refractivity contribution in [3.63, 3.8) is 0 Å². The molecule has 1 atom stereocenters. The molecule has 0 aromatic heterocycles. The Morgan fingerprint density at radius 1 is 1.22 bits per heavy atom. The summed E-state index contributed by atoms with van der Waals surface area (Å²) in [6.45, 7) is 12.9. The van der Waals surface area contributed by atoms with Crippen LogP contribution in [-0.2, 0) is 9.53 Å². The molecule has 0 aromatic carbocycles. The van der Waals surface area contributed by atoms with Gasteiger partial charge in [0.15, 0.2) is 5.96 Å². The molecule has 0 aliphatic heterocycles. The summed E-state index contributed by atoms with van der Waals surface area (Å²) in [5, 5.41) is 6.63. The van der Waals surface area contributed by atoms with E-state index in [9.17, 15) is 4.79 Å². The van der Waals surface area contributed by atoms with Crippen molar-refractivity contribution in [1.29, 1.82) is 0 Å². The number of nitrogens with one attached hydrogen (secondary N) is 2. The van der Waals surface area contributed by atoms with Crippen molar-refractivity contribution < 1.29 is 9.53 Å². The van der Waals surface area contributed by atoms with Gasteiger partial charge in [0.1, 0.15) is 0 Å². The molecule has 1 unspecified atom stereocenters. The van der Waals surface area contributed by atoms with Gasteiger partial charge in [0.05, 0.1) is 6.61 Å². The van der Waals surface area contributed by atoms with Gasteiger partial charge in [-0.3, -0.25) is 9.79 Å². The molecule has 0 spiro atoms. The van der Waals surface area contributed by atoms with Gasteiger partial charge >= 0.3 is 5.97 Å². The minimum absolute atomic E-state index is 0.137. The number of carbonyl (C=O) groups is 1. The summed E-state index contributed by atoms with van der Waals surface area (Å²) < 4.78 is 4.91. The van der Waals surface area contributed by atoms with Gasteiger partial charge in [-0.05, 0) is 52.7 Å². The largest absolute Gasteiger partial charge is 0.466 e. The van der Waals surface area contributed by atoms with Crippen LogP contribution in [0.5, 0.6) is 0 Å². The molecule has 6 nitrogen and oxygen atoms in total. The van der Waals surface area contributed by atoms with Gasteiger partial charge in [-0.2, -0.15) is 0 Å². The van der Waals surface area contributed by atoms with E-state index in [1.807, 2.05) is 6.92 Å². The quantitative estimate of drug-likeness (QED) is 0.248. The highest BCUT2D eigenvalue weighted by atomic mass is 16.5. The van der Waals surface area contributed by atoms with Gasteiger partial charge in [-0.15, -0.1) is 0 Å². The first-order valence-corrected chi connectivity index (χ1v) is 8.92. The van der Waals surface area contributed by atoms with Crippen LogP contribution in [0.15, 0.2) is 4.99 Å². The molecule has 0 saturated carbocycles. The third-order valence-corrected chi connectivity index (χ3v) is 3.77. The summed E-state index contributed by atoms with van der Waals surface area (Å²) in [4.78, 5) is 17.9. The topological polar surface area (TPSA) is 66.0 Å². The average Bonchev–Trinajstić information content (AvgIpc) is 2.54. The van der Waals surface area contributed by atoms with Crippen LogP contribution < -0.4 is 10.6 Å². The highest BCUT2D eigenvalue weighted by Gasteiger charge is 2.07. The molecule has 2 N–H and O–H groups in total. The number of ether oxygens (including phenoxy) is 1. The van der Waals surface area contributed by atoms with Crippen LogP contribution in [-0.4, -0.2) is 62.7 Å². The third-order valence-electron chi connectivity index (χ3n) is 3.77. The van der Waals surface area contributed by atoms with Crippen molar-refractivity contribution in [3.8, 4) is 0 Å². The molecule has 0 amide bonds. The van der Waals surface area contributed by atoms with Gasteiger partial charge in [0.2, 0.25) is 0 Å². The Bertz CT molecular complexity index is 331. The fourth-order valence-electron chi connectivity index (χ4n) is 2.33. The van der Waals surface area contributed by atoms with Crippen molar-refractivity contribution in [2.24, 2.45) is 4.99 Å². The Balaban J connectivity index is 3.84. The molecule has 0 aliphatic rings. The molecule has 0 fully saturated rings. The van der Waals surface area contributed by atoms with E-state index < -0.39 is 0 Å². The fraction of sp³-hybridized carbons (Fsp3) is 0.882. The average molecular weight is 329 g/mol. The van der Waals surface area contributed by atoms with Gasteiger partial charge in [-0.1, -0.05) is 13.8 Å². The highest BCUT2D eigenvalue weighted by Crippen LogP contribution is 1.99. The number of hydrogen-bond acceptors (Lipinski definition) is 4. The van der Waals surface area contributed by atoms with E-state index in [1.165, 1.54) is 6.42 Å². The van der Waals surface area contributed by atoms with Crippen LogP contribution in [0.3, 0.4) is 0 Å². The van der Waals surface area contributed by atoms with Crippen LogP contribution in [0.25, 0.3) is 0 Å². The zero-order chi connectivity index (χ0) is 17.5. The zero-order valence-corrected chi connectivity index (χ0v) is 15.7. The van der Waals surface area contributed by atoms with Crippen LogP contribution in [0.2, 0.25) is 0 Å². The third kappa shape index (κ3) is 11.9. The predicted molar refractivity (Wildman–Crippen MR) is 96.8 cm³/mol. The maximum Gasteiger partial charge on any atom is 0.305 e. The second kappa shape index (κ2) is 14.3.